The number of halogens is 1. The highest BCUT2D eigenvalue weighted by atomic mass is 32.2. The maximum absolute atomic E-state index is 14.8. The maximum atomic E-state index is 14.8. The molecule has 8 heteroatoms. The molecule has 1 aliphatic carbocycles. The van der Waals surface area contributed by atoms with E-state index in [-0.39, 0.29) is 17.3 Å². The van der Waals surface area contributed by atoms with Crippen molar-refractivity contribution in [2.75, 3.05) is 12.8 Å². The predicted octanol–water partition coefficient (Wildman–Crippen LogP) is 2.61. The number of pyridine rings is 1. The number of aromatic nitrogens is 1. The lowest BCUT2D eigenvalue weighted by molar-refractivity contribution is 0.457. The zero-order valence-electron chi connectivity index (χ0n) is 16.8. The molecule has 1 aromatic heterocycles. The molecule has 0 unspecified atom stereocenters. The Bertz CT molecular complexity index is 1120. The molecule has 2 aromatic rings. The first-order valence-corrected chi connectivity index (χ1v) is 11.3. The molecule has 29 heavy (non-hydrogen) atoms. The summed E-state index contributed by atoms with van der Waals surface area (Å²) in [6.45, 7) is 3.65. The number of guanidine groups is 1. The minimum atomic E-state index is -3.66. The number of nitrogens with zero attached hydrogens (tertiary/aromatic N) is 3. The Hall–Kier alpha value is -2.48. The summed E-state index contributed by atoms with van der Waals surface area (Å²) in [5.41, 5.74) is 9.29. The lowest BCUT2D eigenvalue weighted by Gasteiger charge is -2.34. The number of rotatable bonds is 3. The molecule has 0 saturated heterocycles. The first-order valence-electron chi connectivity index (χ1n) is 9.65. The van der Waals surface area contributed by atoms with E-state index in [1.807, 2.05) is 13.1 Å². The summed E-state index contributed by atoms with van der Waals surface area (Å²) in [7, 11) is -2.31. The van der Waals surface area contributed by atoms with Crippen molar-refractivity contribution in [3.05, 3.63) is 64.2 Å². The molecule has 0 amide bonds. The Morgan fingerprint density at radius 2 is 2.10 bits per heavy atom. The van der Waals surface area contributed by atoms with Crippen LogP contribution in [-0.2, 0) is 28.4 Å². The minimum Gasteiger partial charge on any atom is -0.369 e. The van der Waals surface area contributed by atoms with E-state index in [0.717, 1.165) is 40.4 Å². The van der Waals surface area contributed by atoms with Crippen LogP contribution in [-0.4, -0.2) is 36.5 Å². The number of nitrogens with two attached hydrogens (primary N) is 1. The quantitative estimate of drug-likeness (QED) is 0.833. The Morgan fingerprint density at radius 3 is 2.83 bits per heavy atom. The highest BCUT2D eigenvalue weighted by molar-refractivity contribution is 7.89. The zero-order valence-corrected chi connectivity index (χ0v) is 17.6. The summed E-state index contributed by atoms with van der Waals surface area (Å²) in [6.07, 6.45) is 4.58. The van der Waals surface area contributed by atoms with Crippen LogP contribution >= 0.6 is 0 Å². The minimum absolute atomic E-state index is 0.130. The van der Waals surface area contributed by atoms with Gasteiger partial charge in [0.25, 0.3) is 0 Å². The van der Waals surface area contributed by atoms with Gasteiger partial charge >= 0.3 is 0 Å². The first kappa shape index (κ1) is 19.8. The zero-order chi connectivity index (χ0) is 21.0. The highest BCUT2D eigenvalue weighted by Crippen LogP contribution is 2.37. The third-order valence-electron chi connectivity index (χ3n) is 5.97. The molecular weight excluding hydrogens is 391 g/mol. The molecule has 1 aromatic carbocycles. The lowest BCUT2D eigenvalue weighted by Crippen LogP contribution is -2.50. The summed E-state index contributed by atoms with van der Waals surface area (Å²) in [4.78, 5) is 8.87. The molecule has 0 bridgehead atoms. The largest absolute Gasteiger partial charge is 0.369 e. The second-order valence-electron chi connectivity index (χ2n) is 8.27. The summed E-state index contributed by atoms with van der Waals surface area (Å²) in [6, 6.07) is 7.09. The van der Waals surface area contributed by atoms with Gasteiger partial charge in [0.15, 0.2) is 0 Å². The van der Waals surface area contributed by atoms with Crippen LogP contribution in [0.5, 0.6) is 0 Å². The number of hydrogen-bond donors (Lipinski definition) is 1. The molecule has 2 heterocycles. The van der Waals surface area contributed by atoms with Crippen molar-refractivity contribution < 1.29 is 12.8 Å². The van der Waals surface area contributed by atoms with Gasteiger partial charge in [0.1, 0.15) is 11.4 Å². The van der Waals surface area contributed by atoms with Crippen LogP contribution < -0.4 is 5.73 Å². The first-order chi connectivity index (χ1) is 13.6. The van der Waals surface area contributed by atoms with Crippen LogP contribution in [0.15, 0.2) is 35.5 Å². The Balaban J connectivity index is 1.69. The van der Waals surface area contributed by atoms with Gasteiger partial charge < -0.3 is 5.73 Å². The monoisotopic (exact) mass is 416 g/mol. The van der Waals surface area contributed by atoms with Gasteiger partial charge in [-0.3, -0.25) is 4.98 Å². The predicted molar refractivity (Wildman–Crippen MR) is 111 cm³/mol. The molecule has 0 fully saturated rings. The summed E-state index contributed by atoms with van der Waals surface area (Å²) >= 11 is 0. The third kappa shape index (κ3) is 3.50. The fraction of sp³-hybridized carbons (Fsp3) is 0.429. The standard InChI is InChI=1S/C21H25FN4O2S/c1-13-8-16-15(5-7-19(16)24-11-13)9-14-4-6-18(22)17(10-14)21(2)12-29(27,28)26(3)20(23)25-21/h4,6,8,10-11,15H,5,7,9,12H2,1-3H3,(H2,23,25)/t15-,21-/m0/s1. The van der Waals surface area contributed by atoms with E-state index in [4.69, 9.17) is 5.73 Å². The van der Waals surface area contributed by atoms with Crippen molar-refractivity contribution in [3.8, 4) is 0 Å². The van der Waals surface area contributed by atoms with Crippen LogP contribution in [0.3, 0.4) is 0 Å². The van der Waals surface area contributed by atoms with Gasteiger partial charge in [-0.05, 0) is 61.8 Å². The molecule has 6 nitrogen and oxygen atoms in total. The van der Waals surface area contributed by atoms with E-state index < -0.39 is 21.4 Å². The van der Waals surface area contributed by atoms with Gasteiger partial charge in [0, 0.05) is 24.5 Å². The van der Waals surface area contributed by atoms with Crippen molar-refractivity contribution in [2.45, 2.75) is 44.6 Å². The van der Waals surface area contributed by atoms with Gasteiger partial charge in [0.05, 0.1) is 5.75 Å². The van der Waals surface area contributed by atoms with Crippen molar-refractivity contribution >= 4 is 16.0 Å². The van der Waals surface area contributed by atoms with Crippen LogP contribution in [0.2, 0.25) is 0 Å². The number of sulfonamides is 1. The average Bonchev–Trinajstić information content (AvgIpc) is 3.03. The molecule has 0 saturated carbocycles. The Kier molecular flexibility index (Phi) is 4.64. The van der Waals surface area contributed by atoms with Gasteiger partial charge in [-0.2, -0.15) is 0 Å². The van der Waals surface area contributed by atoms with Gasteiger partial charge in [-0.25, -0.2) is 22.1 Å². The smallest absolute Gasteiger partial charge is 0.239 e. The molecule has 0 spiro atoms. The lowest BCUT2D eigenvalue weighted by atomic mass is 9.88. The number of hydrogen-bond acceptors (Lipinski definition) is 5. The second kappa shape index (κ2) is 6.79. The van der Waals surface area contributed by atoms with Crippen molar-refractivity contribution in [1.82, 2.24) is 9.29 Å². The van der Waals surface area contributed by atoms with E-state index in [1.54, 1.807) is 19.1 Å². The topological polar surface area (TPSA) is 88.7 Å². The molecule has 2 N–H and O–H groups in total. The van der Waals surface area contributed by atoms with Gasteiger partial charge in [-0.1, -0.05) is 18.2 Å². The summed E-state index contributed by atoms with van der Waals surface area (Å²) in [5, 5.41) is 0. The summed E-state index contributed by atoms with van der Waals surface area (Å²) < 4.78 is 40.6. The van der Waals surface area contributed by atoms with E-state index >= 15 is 0 Å². The fourth-order valence-corrected chi connectivity index (χ4v) is 5.80. The van der Waals surface area contributed by atoms with E-state index in [1.165, 1.54) is 18.7 Å². The average molecular weight is 417 g/mol. The maximum Gasteiger partial charge on any atom is 0.239 e. The van der Waals surface area contributed by atoms with Crippen LogP contribution in [0, 0.1) is 12.7 Å². The summed E-state index contributed by atoms with van der Waals surface area (Å²) in [5.74, 6) is -0.613. The van der Waals surface area contributed by atoms with Crippen LogP contribution in [0.4, 0.5) is 4.39 Å². The fourth-order valence-electron chi connectivity index (χ4n) is 4.35. The van der Waals surface area contributed by atoms with E-state index in [0.29, 0.717) is 5.92 Å². The Labute approximate surface area is 170 Å². The normalized spacial score (nSPS) is 25.6. The number of aliphatic imine (C=N–C) groups is 1. The molecule has 154 valence electrons. The van der Waals surface area contributed by atoms with E-state index in [9.17, 15) is 12.8 Å². The highest BCUT2D eigenvalue weighted by Gasteiger charge is 2.41. The van der Waals surface area contributed by atoms with Gasteiger partial charge in [0.2, 0.25) is 16.0 Å². The van der Waals surface area contributed by atoms with Crippen molar-refractivity contribution in [3.63, 3.8) is 0 Å². The molecular formula is C21H25FN4O2S. The van der Waals surface area contributed by atoms with Crippen LogP contribution in [0.25, 0.3) is 0 Å². The Morgan fingerprint density at radius 1 is 1.34 bits per heavy atom. The molecule has 0 radical (unpaired) electrons. The molecule has 2 aliphatic rings. The number of fused-ring (bicyclic) bond motifs is 1. The SMILES string of the molecule is Cc1cnc2c(c1)[C@H](Cc1ccc(F)c([C@]3(C)CS(=O)(=O)N(C)C(N)=N3)c1)CC2. The molecule has 4 rings (SSSR count). The third-order valence-corrected chi connectivity index (χ3v) is 7.92. The number of benzene rings is 1. The van der Waals surface area contributed by atoms with Crippen molar-refractivity contribution in [1.29, 1.82) is 0 Å². The van der Waals surface area contributed by atoms with Crippen molar-refractivity contribution in [2.24, 2.45) is 10.7 Å². The second-order valence-corrected chi connectivity index (χ2v) is 10.3. The molecule has 1 aliphatic heterocycles. The van der Waals surface area contributed by atoms with Crippen LogP contribution in [0.1, 0.15) is 47.2 Å². The molecule has 2 atom stereocenters. The van der Waals surface area contributed by atoms with Gasteiger partial charge in [-0.15, -0.1) is 0 Å². The van der Waals surface area contributed by atoms with E-state index in [2.05, 4.69) is 16.0 Å². The number of aryl methyl sites for hydroxylation is 2.